The minimum atomic E-state index is -0.136. The third-order valence-corrected chi connectivity index (χ3v) is 2.22. The second-order valence-electron chi connectivity index (χ2n) is 4.98. The molecule has 0 fully saturated rings. The Morgan fingerprint density at radius 2 is 2.18 bits per heavy atom. The SMILES string of the molecule is COc1cnccc1C(N)CC#CC(C)(C)C. The molecule has 1 rings (SSSR count). The minimum absolute atomic E-state index is 0.0159. The summed E-state index contributed by atoms with van der Waals surface area (Å²) in [5, 5.41) is 0. The molecule has 0 spiro atoms. The van der Waals surface area contributed by atoms with E-state index in [-0.39, 0.29) is 11.5 Å². The van der Waals surface area contributed by atoms with E-state index in [1.165, 1.54) is 0 Å². The molecule has 0 aliphatic heterocycles. The topological polar surface area (TPSA) is 48.1 Å². The maximum atomic E-state index is 6.09. The zero-order chi connectivity index (χ0) is 12.9. The first-order chi connectivity index (χ1) is 7.94. The van der Waals surface area contributed by atoms with Gasteiger partial charge >= 0.3 is 0 Å². The highest BCUT2D eigenvalue weighted by molar-refractivity contribution is 5.33. The van der Waals surface area contributed by atoms with Crippen LogP contribution < -0.4 is 10.5 Å². The van der Waals surface area contributed by atoms with Crippen molar-refractivity contribution in [3.05, 3.63) is 24.0 Å². The summed E-state index contributed by atoms with van der Waals surface area (Å²) in [6, 6.07) is 1.74. The fraction of sp³-hybridized carbons (Fsp3) is 0.500. The summed E-state index contributed by atoms with van der Waals surface area (Å²) in [6.45, 7) is 6.25. The number of ether oxygens (including phenoxy) is 1. The number of hydrogen-bond acceptors (Lipinski definition) is 3. The largest absolute Gasteiger partial charge is 0.495 e. The molecule has 1 heterocycles. The van der Waals surface area contributed by atoms with E-state index in [1.54, 1.807) is 19.5 Å². The predicted molar refractivity (Wildman–Crippen MR) is 69.6 cm³/mol. The number of aromatic nitrogens is 1. The molecule has 1 aromatic rings. The number of pyridine rings is 1. The van der Waals surface area contributed by atoms with Crippen molar-refractivity contribution >= 4 is 0 Å². The van der Waals surface area contributed by atoms with Gasteiger partial charge in [-0.05, 0) is 26.8 Å². The van der Waals surface area contributed by atoms with Gasteiger partial charge in [-0.2, -0.15) is 0 Å². The zero-order valence-electron chi connectivity index (χ0n) is 10.9. The van der Waals surface area contributed by atoms with Crippen molar-refractivity contribution < 1.29 is 4.74 Å². The molecular formula is C14H20N2O. The standard InChI is InChI=1S/C14H20N2O/c1-14(2,3)8-5-6-12(15)11-7-9-16-10-13(11)17-4/h7,9-10,12H,6,15H2,1-4H3. The smallest absolute Gasteiger partial charge is 0.141 e. The summed E-state index contributed by atoms with van der Waals surface area (Å²) in [4.78, 5) is 4.00. The van der Waals surface area contributed by atoms with Crippen LogP contribution in [0.15, 0.2) is 18.5 Å². The molecule has 3 heteroatoms. The Morgan fingerprint density at radius 3 is 2.76 bits per heavy atom. The molecule has 0 aliphatic carbocycles. The van der Waals surface area contributed by atoms with Gasteiger partial charge in [0.1, 0.15) is 5.75 Å². The van der Waals surface area contributed by atoms with Gasteiger partial charge in [-0.15, -0.1) is 5.92 Å². The van der Waals surface area contributed by atoms with Crippen LogP contribution in [0.1, 0.15) is 38.8 Å². The highest BCUT2D eigenvalue weighted by Crippen LogP contribution is 2.23. The Labute approximate surface area is 103 Å². The van der Waals surface area contributed by atoms with Crippen molar-refractivity contribution in [2.24, 2.45) is 11.1 Å². The zero-order valence-corrected chi connectivity index (χ0v) is 10.9. The Kier molecular flexibility index (Phi) is 4.53. The monoisotopic (exact) mass is 232 g/mol. The van der Waals surface area contributed by atoms with Crippen molar-refractivity contribution in [1.82, 2.24) is 4.98 Å². The van der Waals surface area contributed by atoms with Crippen molar-refractivity contribution in [2.45, 2.75) is 33.2 Å². The maximum Gasteiger partial charge on any atom is 0.141 e. The van der Waals surface area contributed by atoms with E-state index in [1.807, 2.05) is 6.07 Å². The molecule has 1 aromatic heterocycles. The van der Waals surface area contributed by atoms with Gasteiger partial charge in [-0.1, -0.05) is 5.92 Å². The first-order valence-electron chi connectivity index (χ1n) is 5.67. The van der Waals surface area contributed by atoms with Crippen molar-refractivity contribution in [3.8, 4) is 17.6 Å². The van der Waals surface area contributed by atoms with Crippen molar-refractivity contribution in [1.29, 1.82) is 0 Å². The summed E-state index contributed by atoms with van der Waals surface area (Å²) in [6.07, 6.45) is 4.01. The van der Waals surface area contributed by atoms with Crippen molar-refractivity contribution in [3.63, 3.8) is 0 Å². The summed E-state index contributed by atoms with van der Waals surface area (Å²) in [5.74, 6) is 7.02. The van der Waals surface area contributed by atoms with Crippen LogP contribution in [0.3, 0.4) is 0 Å². The first-order valence-corrected chi connectivity index (χ1v) is 5.67. The van der Waals surface area contributed by atoms with Crippen LogP contribution in [0, 0.1) is 17.3 Å². The lowest BCUT2D eigenvalue weighted by atomic mass is 9.97. The van der Waals surface area contributed by atoms with Crippen LogP contribution in [0.4, 0.5) is 0 Å². The molecule has 0 saturated heterocycles. The molecule has 0 radical (unpaired) electrons. The van der Waals surface area contributed by atoms with Gasteiger partial charge in [0.05, 0.1) is 13.3 Å². The molecule has 0 aliphatic rings. The maximum absolute atomic E-state index is 6.09. The molecule has 2 N–H and O–H groups in total. The average Bonchev–Trinajstić information content (AvgIpc) is 2.27. The quantitative estimate of drug-likeness (QED) is 0.815. The van der Waals surface area contributed by atoms with E-state index in [4.69, 9.17) is 10.5 Å². The van der Waals surface area contributed by atoms with Crippen LogP contribution in [-0.2, 0) is 0 Å². The summed E-state index contributed by atoms with van der Waals surface area (Å²) in [5.41, 5.74) is 7.06. The highest BCUT2D eigenvalue weighted by Gasteiger charge is 2.10. The van der Waals surface area contributed by atoms with Crippen LogP contribution in [0.5, 0.6) is 5.75 Å². The van der Waals surface area contributed by atoms with Gasteiger partial charge in [-0.3, -0.25) is 4.98 Å². The van der Waals surface area contributed by atoms with Gasteiger partial charge in [0, 0.05) is 29.6 Å². The lowest BCUT2D eigenvalue weighted by Gasteiger charge is -2.13. The average molecular weight is 232 g/mol. The predicted octanol–water partition coefficient (Wildman–Crippen LogP) is 2.53. The number of methoxy groups -OCH3 is 1. The normalized spacial score (nSPS) is 12.5. The molecule has 0 amide bonds. The van der Waals surface area contributed by atoms with Crippen LogP contribution in [0.25, 0.3) is 0 Å². The van der Waals surface area contributed by atoms with E-state index in [2.05, 4.69) is 37.6 Å². The summed E-state index contributed by atoms with van der Waals surface area (Å²) >= 11 is 0. The van der Waals surface area contributed by atoms with Gasteiger partial charge in [-0.25, -0.2) is 0 Å². The molecule has 1 unspecified atom stereocenters. The number of rotatable bonds is 3. The molecule has 92 valence electrons. The lowest BCUT2D eigenvalue weighted by Crippen LogP contribution is -2.11. The Hall–Kier alpha value is -1.53. The van der Waals surface area contributed by atoms with E-state index in [0.717, 1.165) is 11.3 Å². The van der Waals surface area contributed by atoms with Gasteiger partial charge in [0.2, 0.25) is 0 Å². The number of hydrogen-bond donors (Lipinski definition) is 1. The second-order valence-corrected chi connectivity index (χ2v) is 4.98. The van der Waals surface area contributed by atoms with Gasteiger partial charge < -0.3 is 10.5 Å². The third kappa shape index (κ3) is 4.46. The van der Waals surface area contributed by atoms with Gasteiger partial charge in [0.25, 0.3) is 0 Å². The van der Waals surface area contributed by atoms with Crippen LogP contribution >= 0.6 is 0 Å². The lowest BCUT2D eigenvalue weighted by molar-refractivity contribution is 0.404. The highest BCUT2D eigenvalue weighted by atomic mass is 16.5. The third-order valence-electron chi connectivity index (χ3n) is 2.22. The number of nitrogens with two attached hydrogens (primary N) is 1. The molecule has 3 nitrogen and oxygen atoms in total. The summed E-state index contributed by atoms with van der Waals surface area (Å²) in [7, 11) is 1.62. The van der Waals surface area contributed by atoms with E-state index in [0.29, 0.717) is 6.42 Å². The first kappa shape index (κ1) is 13.5. The molecule has 0 bridgehead atoms. The van der Waals surface area contributed by atoms with Gasteiger partial charge in [0.15, 0.2) is 0 Å². The Morgan fingerprint density at radius 1 is 1.47 bits per heavy atom. The Bertz CT molecular complexity index is 424. The van der Waals surface area contributed by atoms with Crippen LogP contribution in [0.2, 0.25) is 0 Å². The van der Waals surface area contributed by atoms with Crippen molar-refractivity contribution in [2.75, 3.05) is 7.11 Å². The fourth-order valence-electron chi connectivity index (χ4n) is 1.40. The molecule has 1 atom stereocenters. The van der Waals surface area contributed by atoms with E-state index in [9.17, 15) is 0 Å². The van der Waals surface area contributed by atoms with E-state index < -0.39 is 0 Å². The number of nitrogens with zero attached hydrogens (tertiary/aromatic N) is 1. The van der Waals surface area contributed by atoms with E-state index >= 15 is 0 Å². The molecule has 17 heavy (non-hydrogen) atoms. The molecular weight excluding hydrogens is 212 g/mol. The summed E-state index contributed by atoms with van der Waals surface area (Å²) < 4.78 is 5.22. The van der Waals surface area contributed by atoms with Crippen LogP contribution in [-0.4, -0.2) is 12.1 Å². The molecule has 0 saturated carbocycles. The minimum Gasteiger partial charge on any atom is -0.495 e. The fourth-order valence-corrected chi connectivity index (χ4v) is 1.40. The Balaban J connectivity index is 2.75. The second kappa shape index (κ2) is 5.70. The molecule has 0 aromatic carbocycles.